The van der Waals surface area contributed by atoms with E-state index in [0.717, 1.165) is 25.1 Å². The van der Waals surface area contributed by atoms with E-state index in [0.29, 0.717) is 16.8 Å². The van der Waals surface area contributed by atoms with Gasteiger partial charge in [0.1, 0.15) is 5.15 Å². The number of halogens is 1. The van der Waals surface area contributed by atoms with Crippen LogP contribution in [0, 0.1) is 0 Å². The number of likely N-dealkylation sites (tertiary alicyclic amines) is 1. The molecule has 2 rings (SSSR count). The van der Waals surface area contributed by atoms with Gasteiger partial charge in [-0.05, 0) is 31.9 Å². The molecule has 1 fully saturated rings. The van der Waals surface area contributed by atoms with Crippen molar-refractivity contribution in [2.75, 3.05) is 6.54 Å². The lowest BCUT2D eigenvalue weighted by molar-refractivity contribution is 0.0747. The summed E-state index contributed by atoms with van der Waals surface area (Å²) in [5.74, 6) is 0.0693. The molecule has 0 aromatic carbocycles. The van der Waals surface area contributed by atoms with Crippen molar-refractivity contribution in [3.63, 3.8) is 0 Å². The zero-order valence-corrected chi connectivity index (χ0v) is 12.8. The van der Waals surface area contributed by atoms with Crippen LogP contribution in [0.25, 0.3) is 0 Å². The molecule has 1 aromatic rings. The Morgan fingerprint density at radius 1 is 1.42 bits per heavy atom. The van der Waals surface area contributed by atoms with E-state index in [4.69, 9.17) is 11.6 Å². The number of carbonyl (C=O) groups is 1. The minimum Gasteiger partial charge on any atom is -0.336 e. The van der Waals surface area contributed by atoms with Gasteiger partial charge in [-0.1, -0.05) is 32.4 Å². The zero-order chi connectivity index (χ0) is 14.2. The van der Waals surface area contributed by atoms with E-state index in [2.05, 4.69) is 32.7 Å². The number of hydrogen-bond acceptors (Lipinski definition) is 2. The molecule has 0 bridgehead atoms. The number of carbonyl (C=O) groups excluding carboxylic acids is 1. The van der Waals surface area contributed by atoms with E-state index in [1.165, 1.54) is 0 Å². The molecule has 2 heterocycles. The van der Waals surface area contributed by atoms with Crippen molar-refractivity contribution in [2.45, 2.75) is 52.0 Å². The molecule has 104 valence electrons. The van der Waals surface area contributed by atoms with Gasteiger partial charge < -0.3 is 4.90 Å². The van der Waals surface area contributed by atoms with Gasteiger partial charge in [0.2, 0.25) is 0 Å². The first kappa shape index (κ1) is 14.3. The number of aromatic nitrogens is 1. The van der Waals surface area contributed by atoms with Crippen LogP contribution in [-0.4, -0.2) is 28.4 Å². The Morgan fingerprint density at radius 3 is 2.63 bits per heavy atom. The molecule has 0 aliphatic carbocycles. The third kappa shape index (κ3) is 3.08. The van der Waals surface area contributed by atoms with Gasteiger partial charge in [0.05, 0.1) is 0 Å². The van der Waals surface area contributed by atoms with Crippen molar-refractivity contribution < 1.29 is 4.79 Å². The lowest BCUT2D eigenvalue weighted by Crippen LogP contribution is -2.34. The van der Waals surface area contributed by atoms with Gasteiger partial charge in [-0.25, -0.2) is 4.98 Å². The molecular formula is C15H21ClN2O. The van der Waals surface area contributed by atoms with Crippen LogP contribution in [0.4, 0.5) is 0 Å². The van der Waals surface area contributed by atoms with E-state index < -0.39 is 0 Å². The van der Waals surface area contributed by atoms with Crippen LogP contribution in [-0.2, 0) is 5.41 Å². The van der Waals surface area contributed by atoms with Gasteiger partial charge in [-0.15, -0.1) is 0 Å². The Bertz CT molecular complexity index is 493. The lowest BCUT2D eigenvalue weighted by Gasteiger charge is -2.23. The molecule has 1 atom stereocenters. The van der Waals surface area contributed by atoms with E-state index in [-0.39, 0.29) is 11.3 Å². The fourth-order valence-electron chi connectivity index (χ4n) is 2.41. The van der Waals surface area contributed by atoms with Gasteiger partial charge in [0, 0.05) is 29.3 Å². The lowest BCUT2D eigenvalue weighted by atomic mass is 9.90. The highest BCUT2D eigenvalue weighted by Gasteiger charge is 2.27. The zero-order valence-electron chi connectivity index (χ0n) is 12.0. The summed E-state index contributed by atoms with van der Waals surface area (Å²) in [6.07, 6.45) is 2.16. The average molecular weight is 281 g/mol. The number of rotatable bonds is 1. The summed E-state index contributed by atoms with van der Waals surface area (Å²) in [6.45, 7) is 9.14. The molecule has 1 amide bonds. The van der Waals surface area contributed by atoms with Gasteiger partial charge in [0.15, 0.2) is 0 Å². The predicted octanol–water partition coefficient (Wildman–Crippen LogP) is 3.66. The fraction of sp³-hybridized carbons (Fsp3) is 0.600. The molecule has 19 heavy (non-hydrogen) atoms. The highest BCUT2D eigenvalue weighted by atomic mass is 35.5. The summed E-state index contributed by atoms with van der Waals surface area (Å²) < 4.78 is 0. The van der Waals surface area contributed by atoms with Gasteiger partial charge in [-0.3, -0.25) is 4.79 Å². The Balaban J connectivity index is 2.34. The summed E-state index contributed by atoms with van der Waals surface area (Å²) in [6, 6.07) is 3.86. The van der Waals surface area contributed by atoms with Crippen molar-refractivity contribution in [1.82, 2.24) is 9.88 Å². The maximum atomic E-state index is 12.5. The van der Waals surface area contributed by atoms with Crippen LogP contribution in [0.1, 0.15) is 56.6 Å². The smallest absolute Gasteiger partial charge is 0.254 e. The third-order valence-corrected chi connectivity index (χ3v) is 3.82. The van der Waals surface area contributed by atoms with Gasteiger partial charge in [-0.2, -0.15) is 0 Å². The van der Waals surface area contributed by atoms with Crippen molar-refractivity contribution in [3.8, 4) is 0 Å². The average Bonchev–Trinajstić information content (AvgIpc) is 2.72. The van der Waals surface area contributed by atoms with Crippen LogP contribution in [0.2, 0.25) is 5.15 Å². The van der Waals surface area contributed by atoms with Crippen LogP contribution in [0.15, 0.2) is 12.1 Å². The highest BCUT2D eigenvalue weighted by molar-refractivity contribution is 6.29. The molecule has 1 aliphatic heterocycles. The SMILES string of the molecule is CC1CCCN1C(=O)c1cc(Cl)nc(C(C)(C)C)c1. The number of amides is 1. The van der Waals surface area contributed by atoms with Gasteiger partial charge >= 0.3 is 0 Å². The van der Waals surface area contributed by atoms with E-state index >= 15 is 0 Å². The van der Waals surface area contributed by atoms with Crippen molar-refractivity contribution in [2.24, 2.45) is 0 Å². The Labute approximate surface area is 120 Å². The van der Waals surface area contributed by atoms with Crippen LogP contribution in [0.3, 0.4) is 0 Å². The first-order valence-electron chi connectivity index (χ1n) is 6.78. The third-order valence-electron chi connectivity index (χ3n) is 3.62. The summed E-state index contributed by atoms with van der Waals surface area (Å²) in [4.78, 5) is 18.8. The van der Waals surface area contributed by atoms with E-state index in [1.54, 1.807) is 6.07 Å². The summed E-state index contributed by atoms with van der Waals surface area (Å²) in [5, 5.41) is 0.391. The number of pyridine rings is 1. The maximum absolute atomic E-state index is 12.5. The molecule has 1 aliphatic rings. The molecule has 1 saturated heterocycles. The number of hydrogen-bond donors (Lipinski definition) is 0. The Morgan fingerprint density at radius 2 is 2.11 bits per heavy atom. The molecule has 0 saturated carbocycles. The second-order valence-corrected chi connectivity index (χ2v) is 6.69. The molecule has 1 unspecified atom stereocenters. The quantitative estimate of drug-likeness (QED) is 0.736. The number of nitrogens with zero attached hydrogens (tertiary/aromatic N) is 2. The molecule has 3 nitrogen and oxygen atoms in total. The highest BCUT2D eigenvalue weighted by Crippen LogP contribution is 2.26. The largest absolute Gasteiger partial charge is 0.336 e. The predicted molar refractivity (Wildman–Crippen MR) is 77.7 cm³/mol. The van der Waals surface area contributed by atoms with Crippen LogP contribution < -0.4 is 0 Å². The second kappa shape index (κ2) is 5.12. The molecule has 0 radical (unpaired) electrons. The first-order valence-corrected chi connectivity index (χ1v) is 7.16. The van der Waals surface area contributed by atoms with E-state index in [1.807, 2.05) is 11.0 Å². The Hall–Kier alpha value is -1.09. The second-order valence-electron chi connectivity index (χ2n) is 6.30. The van der Waals surface area contributed by atoms with E-state index in [9.17, 15) is 4.79 Å². The normalized spacial score (nSPS) is 19.8. The van der Waals surface area contributed by atoms with Crippen molar-refractivity contribution >= 4 is 17.5 Å². The van der Waals surface area contributed by atoms with Gasteiger partial charge in [0.25, 0.3) is 5.91 Å². The molecule has 0 N–H and O–H groups in total. The van der Waals surface area contributed by atoms with Crippen molar-refractivity contribution in [1.29, 1.82) is 0 Å². The monoisotopic (exact) mass is 280 g/mol. The Kier molecular flexibility index (Phi) is 3.86. The molecule has 1 aromatic heterocycles. The summed E-state index contributed by atoms with van der Waals surface area (Å²) in [7, 11) is 0. The van der Waals surface area contributed by atoms with Crippen molar-refractivity contribution in [3.05, 3.63) is 28.5 Å². The topological polar surface area (TPSA) is 33.2 Å². The first-order chi connectivity index (χ1) is 8.79. The van der Waals surface area contributed by atoms with Crippen LogP contribution >= 0.6 is 11.6 Å². The molecule has 4 heteroatoms. The minimum absolute atomic E-state index is 0.0693. The molecule has 0 spiro atoms. The van der Waals surface area contributed by atoms with Crippen LogP contribution in [0.5, 0.6) is 0 Å². The maximum Gasteiger partial charge on any atom is 0.254 e. The fourth-order valence-corrected chi connectivity index (χ4v) is 2.61. The summed E-state index contributed by atoms with van der Waals surface area (Å²) >= 11 is 6.06. The minimum atomic E-state index is -0.115. The summed E-state index contributed by atoms with van der Waals surface area (Å²) in [5.41, 5.74) is 1.39. The molecular weight excluding hydrogens is 260 g/mol. The standard InChI is InChI=1S/C15H21ClN2O/c1-10-6-5-7-18(10)14(19)11-8-12(15(2,3)4)17-13(16)9-11/h8-10H,5-7H2,1-4H3.